The second-order valence-electron chi connectivity index (χ2n) is 5.33. The van der Waals surface area contributed by atoms with Gasteiger partial charge in [-0.3, -0.25) is 0 Å². The van der Waals surface area contributed by atoms with Gasteiger partial charge in [-0.2, -0.15) is 0 Å². The molecule has 1 aromatic carbocycles. The summed E-state index contributed by atoms with van der Waals surface area (Å²) in [6, 6.07) is 6.31. The summed E-state index contributed by atoms with van der Waals surface area (Å²) in [5.41, 5.74) is 1.75. The zero-order valence-electron chi connectivity index (χ0n) is 10.8. The highest BCUT2D eigenvalue weighted by atomic mass is 79.9. The van der Waals surface area contributed by atoms with Crippen LogP contribution in [-0.4, -0.2) is 12.4 Å². The van der Waals surface area contributed by atoms with Crippen molar-refractivity contribution in [3.05, 3.63) is 28.2 Å². The first-order valence-electron chi connectivity index (χ1n) is 6.57. The van der Waals surface area contributed by atoms with Crippen LogP contribution in [0.25, 0.3) is 0 Å². The summed E-state index contributed by atoms with van der Waals surface area (Å²) >= 11 is 7.30. The average molecular weight is 376 g/mol. The van der Waals surface area contributed by atoms with E-state index in [0.29, 0.717) is 5.41 Å². The lowest BCUT2D eigenvalue weighted by Gasteiger charge is -2.36. The molecule has 18 heavy (non-hydrogen) atoms. The van der Waals surface area contributed by atoms with Gasteiger partial charge in [-0.25, -0.2) is 0 Å². The molecular formula is C15H20Br2O. The molecule has 0 spiro atoms. The minimum Gasteiger partial charge on any atom is -0.496 e. The van der Waals surface area contributed by atoms with Gasteiger partial charge in [0.15, 0.2) is 0 Å². The Morgan fingerprint density at radius 2 is 1.94 bits per heavy atom. The SMILES string of the molecule is COc1ccc(Br)cc1CC1(CBr)CCCCC1. The Kier molecular flexibility index (Phi) is 5.14. The first kappa shape index (κ1) is 14.4. The number of halogens is 2. The van der Waals surface area contributed by atoms with Crippen LogP contribution in [0.4, 0.5) is 0 Å². The second kappa shape index (κ2) is 6.42. The largest absolute Gasteiger partial charge is 0.496 e. The van der Waals surface area contributed by atoms with Crippen LogP contribution in [-0.2, 0) is 6.42 Å². The van der Waals surface area contributed by atoms with Crippen LogP contribution in [0.2, 0.25) is 0 Å². The number of benzene rings is 1. The van der Waals surface area contributed by atoms with Gasteiger partial charge >= 0.3 is 0 Å². The lowest BCUT2D eigenvalue weighted by Crippen LogP contribution is -2.28. The van der Waals surface area contributed by atoms with Crippen LogP contribution in [0, 0.1) is 5.41 Å². The lowest BCUT2D eigenvalue weighted by atomic mass is 9.72. The van der Waals surface area contributed by atoms with E-state index in [-0.39, 0.29) is 0 Å². The van der Waals surface area contributed by atoms with E-state index < -0.39 is 0 Å². The van der Waals surface area contributed by atoms with E-state index in [0.717, 1.165) is 22.0 Å². The molecule has 1 saturated carbocycles. The van der Waals surface area contributed by atoms with Gasteiger partial charge in [0.05, 0.1) is 7.11 Å². The number of alkyl halides is 1. The Bertz CT molecular complexity index is 397. The van der Waals surface area contributed by atoms with Crippen molar-refractivity contribution in [1.29, 1.82) is 0 Å². The summed E-state index contributed by atoms with van der Waals surface area (Å²) < 4.78 is 6.63. The van der Waals surface area contributed by atoms with Crippen LogP contribution in [0.5, 0.6) is 5.75 Å². The zero-order chi connectivity index (χ0) is 13.0. The fourth-order valence-electron chi connectivity index (χ4n) is 2.95. The van der Waals surface area contributed by atoms with Crippen molar-refractivity contribution in [1.82, 2.24) is 0 Å². The van der Waals surface area contributed by atoms with Crippen molar-refractivity contribution < 1.29 is 4.74 Å². The summed E-state index contributed by atoms with van der Waals surface area (Å²) in [5, 5.41) is 1.09. The minimum absolute atomic E-state index is 0.423. The van der Waals surface area contributed by atoms with Crippen molar-refractivity contribution in [2.45, 2.75) is 38.5 Å². The molecule has 100 valence electrons. The molecule has 0 heterocycles. The molecule has 0 atom stereocenters. The van der Waals surface area contributed by atoms with E-state index >= 15 is 0 Å². The Hall–Kier alpha value is -0.0200. The van der Waals surface area contributed by atoms with Crippen LogP contribution >= 0.6 is 31.9 Å². The van der Waals surface area contributed by atoms with E-state index in [4.69, 9.17) is 4.74 Å². The number of methoxy groups -OCH3 is 1. The molecule has 1 aliphatic rings. The maximum Gasteiger partial charge on any atom is 0.122 e. The van der Waals surface area contributed by atoms with Crippen molar-refractivity contribution in [2.75, 3.05) is 12.4 Å². The standard InChI is InChI=1S/C15H20Br2O/c1-18-14-6-5-13(17)9-12(14)10-15(11-16)7-3-2-4-8-15/h5-6,9H,2-4,7-8,10-11H2,1H3. The summed E-state index contributed by atoms with van der Waals surface area (Å²) in [6.45, 7) is 0. The summed E-state index contributed by atoms with van der Waals surface area (Å²) in [6.07, 6.45) is 7.89. The molecule has 1 aliphatic carbocycles. The van der Waals surface area contributed by atoms with Crippen LogP contribution in [0.1, 0.15) is 37.7 Å². The first-order chi connectivity index (χ1) is 8.69. The van der Waals surface area contributed by atoms with Gasteiger partial charge < -0.3 is 4.74 Å². The highest BCUT2D eigenvalue weighted by Gasteiger charge is 2.32. The third kappa shape index (κ3) is 3.30. The normalized spacial score (nSPS) is 18.6. The molecule has 1 fully saturated rings. The second-order valence-corrected chi connectivity index (χ2v) is 6.80. The number of hydrogen-bond donors (Lipinski definition) is 0. The highest BCUT2D eigenvalue weighted by molar-refractivity contribution is 9.10. The molecule has 0 aliphatic heterocycles. The quantitative estimate of drug-likeness (QED) is 0.645. The van der Waals surface area contributed by atoms with Crippen molar-refractivity contribution >= 4 is 31.9 Å². The topological polar surface area (TPSA) is 9.23 Å². The molecule has 0 N–H and O–H groups in total. The Balaban J connectivity index is 2.23. The van der Waals surface area contributed by atoms with Gasteiger partial charge in [0.25, 0.3) is 0 Å². The predicted octanol–water partition coefficient (Wildman–Crippen LogP) is 5.35. The maximum absolute atomic E-state index is 5.50. The van der Waals surface area contributed by atoms with Gasteiger partial charge in [0.2, 0.25) is 0 Å². The monoisotopic (exact) mass is 374 g/mol. The number of ether oxygens (including phenoxy) is 1. The molecule has 0 saturated heterocycles. The van der Waals surface area contributed by atoms with Gasteiger partial charge in [-0.05, 0) is 48.4 Å². The molecule has 0 bridgehead atoms. The Morgan fingerprint density at radius 1 is 1.22 bits per heavy atom. The van der Waals surface area contributed by atoms with Crippen LogP contribution < -0.4 is 4.74 Å². The smallest absolute Gasteiger partial charge is 0.122 e. The average Bonchev–Trinajstić information content (AvgIpc) is 2.40. The van der Waals surface area contributed by atoms with E-state index in [2.05, 4.69) is 44.0 Å². The van der Waals surface area contributed by atoms with E-state index in [1.54, 1.807) is 7.11 Å². The first-order valence-corrected chi connectivity index (χ1v) is 8.49. The molecule has 0 radical (unpaired) electrons. The number of hydrogen-bond acceptors (Lipinski definition) is 1. The fraction of sp³-hybridized carbons (Fsp3) is 0.600. The molecule has 3 heteroatoms. The minimum atomic E-state index is 0.423. The van der Waals surface area contributed by atoms with E-state index in [1.165, 1.54) is 37.7 Å². The molecule has 0 aromatic heterocycles. The van der Waals surface area contributed by atoms with Crippen molar-refractivity contribution in [2.24, 2.45) is 5.41 Å². The van der Waals surface area contributed by atoms with E-state index in [1.807, 2.05) is 6.07 Å². The van der Waals surface area contributed by atoms with Crippen molar-refractivity contribution in [3.8, 4) is 5.75 Å². The third-order valence-electron chi connectivity index (χ3n) is 4.01. The molecule has 1 nitrogen and oxygen atoms in total. The zero-order valence-corrected chi connectivity index (χ0v) is 14.0. The molecule has 2 rings (SSSR count). The van der Waals surface area contributed by atoms with Crippen LogP contribution in [0.3, 0.4) is 0 Å². The molecule has 0 unspecified atom stereocenters. The number of rotatable bonds is 4. The maximum atomic E-state index is 5.50. The molecular weight excluding hydrogens is 356 g/mol. The lowest BCUT2D eigenvalue weighted by molar-refractivity contribution is 0.221. The Labute approximate surface area is 127 Å². The summed E-state index contributed by atoms with van der Waals surface area (Å²) in [5.74, 6) is 1.02. The van der Waals surface area contributed by atoms with Gasteiger partial charge in [0, 0.05) is 9.80 Å². The highest BCUT2D eigenvalue weighted by Crippen LogP contribution is 2.42. The van der Waals surface area contributed by atoms with Gasteiger partial charge in [-0.15, -0.1) is 0 Å². The van der Waals surface area contributed by atoms with E-state index in [9.17, 15) is 0 Å². The molecule has 1 aromatic rings. The third-order valence-corrected chi connectivity index (χ3v) is 5.69. The molecule has 0 amide bonds. The van der Waals surface area contributed by atoms with Gasteiger partial charge in [0.1, 0.15) is 5.75 Å². The van der Waals surface area contributed by atoms with Crippen molar-refractivity contribution in [3.63, 3.8) is 0 Å². The predicted molar refractivity (Wildman–Crippen MR) is 83.7 cm³/mol. The van der Waals surface area contributed by atoms with Crippen LogP contribution in [0.15, 0.2) is 22.7 Å². The summed E-state index contributed by atoms with van der Waals surface area (Å²) in [7, 11) is 1.76. The van der Waals surface area contributed by atoms with Gasteiger partial charge in [-0.1, -0.05) is 51.1 Å². The summed E-state index contributed by atoms with van der Waals surface area (Å²) in [4.78, 5) is 0. The Morgan fingerprint density at radius 3 is 2.56 bits per heavy atom. The fourth-order valence-corrected chi connectivity index (χ4v) is 4.12.